The number of nitrogens with one attached hydrogen (secondary N) is 2. The summed E-state index contributed by atoms with van der Waals surface area (Å²) in [6, 6.07) is 0. The van der Waals surface area contributed by atoms with Gasteiger partial charge in [0.1, 0.15) is 0 Å². The molecule has 1 amide bonds. The second kappa shape index (κ2) is 4.74. The second-order valence-electron chi connectivity index (χ2n) is 6.80. The van der Waals surface area contributed by atoms with Gasteiger partial charge in [-0.05, 0) is 38.6 Å². The molecule has 0 aromatic rings. The second-order valence-corrected chi connectivity index (χ2v) is 6.80. The van der Waals surface area contributed by atoms with E-state index in [1.807, 2.05) is 0 Å². The van der Waals surface area contributed by atoms with Crippen LogP contribution in [0, 0.1) is 11.3 Å². The van der Waals surface area contributed by atoms with Crippen molar-refractivity contribution in [1.82, 2.24) is 10.6 Å². The van der Waals surface area contributed by atoms with Gasteiger partial charge in [0.2, 0.25) is 5.91 Å². The lowest BCUT2D eigenvalue weighted by molar-refractivity contribution is -0.126. The summed E-state index contributed by atoms with van der Waals surface area (Å²) in [4.78, 5) is 12.0. The molecule has 1 rings (SSSR count). The average Bonchev–Trinajstić information content (AvgIpc) is 2.48. The summed E-state index contributed by atoms with van der Waals surface area (Å²) in [5.41, 5.74) is 0.128. The molecule has 2 N–H and O–H groups in total. The minimum atomic E-state index is -0.113. The van der Waals surface area contributed by atoms with Gasteiger partial charge in [-0.15, -0.1) is 0 Å². The number of rotatable bonds is 3. The van der Waals surface area contributed by atoms with Gasteiger partial charge in [-0.25, -0.2) is 0 Å². The van der Waals surface area contributed by atoms with Gasteiger partial charge in [-0.2, -0.15) is 0 Å². The lowest BCUT2D eigenvalue weighted by Gasteiger charge is -2.34. The summed E-state index contributed by atoms with van der Waals surface area (Å²) < 4.78 is 0. The Hall–Kier alpha value is -0.570. The zero-order chi connectivity index (χ0) is 12.4. The van der Waals surface area contributed by atoms with E-state index in [0.29, 0.717) is 0 Å². The van der Waals surface area contributed by atoms with Crippen molar-refractivity contribution in [3.63, 3.8) is 0 Å². The fraction of sp³-hybridized carbons (Fsp3) is 0.923. The fourth-order valence-electron chi connectivity index (χ4n) is 2.68. The molecule has 94 valence electrons. The number of hydrogen-bond donors (Lipinski definition) is 2. The summed E-state index contributed by atoms with van der Waals surface area (Å²) >= 11 is 0. The first-order valence-corrected chi connectivity index (χ1v) is 6.22. The third-order valence-electron chi connectivity index (χ3n) is 2.86. The molecule has 0 radical (unpaired) electrons. The van der Waals surface area contributed by atoms with Crippen LogP contribution in [0.25, 0.3) is 0 Å². The summed E-state index contributed by atoms with van der Waals surface area (Å²) in [6.07, 6.45) is 1.96. The minimum absolute atomic E-state index is 0.113. The number of hydrogen-bond acceptors (Lipinski definition) is 2. The largest absolute Gasteiger partial charge is 0.351 e. The van der Waals surface area contributed by atoms with Crippen LogP contribution in [-0.4, -0.2) is 24.5 Å². The standard InChI is InChI=1S/C13H26N2O/c1-12(2,3)9-13(4,5)15-11(16)10-6-7-14-8-10/h10,14H,6-9H2,1-5H3,(H,15,16). The maximum atomic E-state index is 12.0. The van der Waals surface area contributed by atoms with Crippen LogP contribution in [0.5, 0.6) is 0 Å². The quantitative estimate of drug-likeness (QED) is 0.772. The molecule has 0 aromatic carbocycles. The van der Waals surface area contributed by atoms with Gasteiger partial charge in [-0.1, -0.05) is 20.8 Å². The molecule has 1 saturated heterocycles. The van der Waals surface area contributed by atoms with E-state index < -0.39 is 0 Å². The summed E-state index contributed by atoms with van der Waals surface area (Å²) in [6.45, 7) is 12.6. The Morgan fingerprint density at radius 2 is 1.94 bits per heavy atom. The number of carbonyl (C=O) groups is 1. The molecule has 1 atom stereocenters. The summed E-state index contributed by atoms with van der Waals surface area (Å²) in [7, 11) is 0. The van der Waals surface area contributed by atoms with E-state index in [4.69, 9.17) is 0 Å². The molecular weight excluding hydrogens is 200 g/mol. The predicted octanol–water partition coefficient (Wildman–Crippen LogP) is 1.93. The highest BCUT2D eigenvalue weighted by molar-refractivity contribution is 5.79. The molecule has 3 heteroatoms. The van der Waals surface area contributed by atoms with Crippen molar-refractivity contribution in [3.05, 3.63) is 0 Å². The zero-order valence-electron chi connectivity index (χ0n) is 11.3. The molecule has 0 bridgehead atoms. The van der Waals surface area contributed by atoms with Crippen molar-refractivity contribution in [3.8, 4) is 0 Å². The maximum absolute atomic E-state index is 12.0. The van der Waals surface area contributed by atoms with Gasteiger partial charge >= 0.3 is 0 Å². The highest BCUT2D eigenvalue weighted by Crippen LogP contribution is 2.27. The SMILES string of the molecule is CC(C)(C)CC(C)(C)NC(=O)C1CCNC1. The van der Waals surface area contributed by atoms with Crippen molar-refractivity contribution in [2.45, 2.75) is 53.0 Å². The average molecular weight is 226 g/mol. The van der Waals surface area contributed by atoms with Crippen LogP contribution < -0.4 is 10.6 Å². The predicted molar refractivity (Wildman–Crippen MR) is 67.3 cm³/mol. The number of amides is 1. The van der Waals surface area contributed by atoms with Crippen LogP contribution in [0.15, 0.2) is 0 Å². The Morgan fingerprint density at radius 1 is 1.31 bits per heavy atom. The van der Waals surface area contributed by atoms with Gasteiger partial charge < -0.3 is 10.6 Å². The molecule has 16 heavy (non-hydrogen) atoms. The van der Waals surface area contributed by atoms with Gasteiger partial charge in [0.25, 0.3) is 0 Å². The molecule has 0 aliphatic carbocycles. The third kappa shape index (κ3) is 4.52. The van der Waals surface area contributed by atoms with Crippen LogP contribution in [0.4, 0.5) is 0 Å². The maximum Gasteiger partial charge on any atom is 0.224 e. The van der Waals surface area contributed by atoms with Crippen molar-refractivity contribution >= 4 is 5.91 Å². The van der Waals surface area contributed by atoms with Crippen molar-refractivity contribution in [1.29, 1.82) is 0 Å². The van der Waals surface area contributed by atoms with E-state index >= 15 is 0 Å². The molecule has 3 nitrogen and oxygen atoms in total. The normalized spacial score (nSPS) is 22.2. The van der Waals surface area contributed by atoms with E-state index in [1.165, 1.54) is 0 Å². The molecule has 1 fully saturated rings. The van der Waals surface area contributed by atoms with Crippen LogP contribution >= 0.6 is 0 Å². The van der Waals surface area contributed by atoms with Crippen LogP contribution in [0.3, 0.4) is 0 Å². The topological polar surface area (TPSA) is 41.1 Å². The van der Waals surface area contributed by atoms with Gasteiger partial charge in [0.05, 0.1) is 5.92 Å². The molecule has 1 aliphatic heterocycles. The van der Waals surface area contributed by atoms with Gasteiger partial charge in [0, 0.05) is 12.1 Å². The Morgan fingerprint density at radius 3 is 2.38 bits per heavy atom. The van der Waals surface area contributed by atoms with Crippen LogP contribution in [0.2, 0.25) is 0 Å². The molecule has 1 heterocycles. The summed E-state index contributed by atoms with van der Waals surface area (Å²) in [5, 5.41) is 6.40. The lowest BCUT2D eigenvalue weighted by Crippen LogP contribution is -2.48. The molecule has 0 spiro atoms. The minimum Gasteiger partial charge on any atom is -0.351 e. The Labute approximate surface area is 99.4 Å². The molecule has 0 aromatic heterocycles. The monoisotopic (exact) mass is 226 g/mol. The van der Waals surface area contributed by atoms with Gasteiger partial charge in [0.15, 0.2) is 0 Å². The highest BCUT2D eigenvalue weighted by atomic mass is 16.2. The lowest BCUT2D eigenvalue weighted by atomic mass is 9.81. The van der Waals surface area contributed by atoms with Crippen LogP contribution in [0.1, 0.15) is 47.5 Å². The molecular formula is C13H26N2O. The Balaban J connectivity index is 2.48. The first-order valence-electron chi connectivity index (χ1n) is 6.22. The fourth-order valence-corrected chi connectivity index (χ4v) is 2.68. The Kier molecular flexibility index (Phi) is 4.00. The third-order valence-corrected chi connectivity index (χ3v) is 2.86. The van der Waals surface area contributed by atoms with Crippen LogP contribution in [-0.2, 0) is 4.79 Å². The van der Waals surface area contributed by atoms with E-state index in [-0.39, 0.29) is 22.8 Å². The van der Waals surface area contributed by atoms with Gasteiger partial charge in [-0.3, -0.25) is 4.79 Å². The molecule has 0 saturated carbocycles. The first-order chi connectivity index (χ1) is 7.20. The van der Waals surface area contributed by atoms with E-state index in [0.717, 1.165) is 25.9 Å². The van der Waals surface area contributed by atoms with Crippen molar-refractivity contribution < 1.29 is 4.79 Å². The first kappa shape index (κ1) is 13.5. The summed E-state index contributed by atoms with van der Waals surface area (Å²) in [5.74, 6) is 0.374. The zero-order valence-corrected chi connectivity index (χ0v) is 11.3. The number of carbonyl (C=O) groups excluding carboxylic acids is 1. The van der Waals surface area contributed by atoms with Crippen molar-refractivity contribution in [2.24, 2.45) is 11.3 Å². The highest BCUT2D eigenvalue weighted by Gasteiger charge is 2.30. The van der Waals surface area contributed by atoms with E-state index in [1.54, 1.807) is 0 Å². The van der Waals surface area contributed by atoms with E-state index in [9.17, 15) is 4.79 Å². The molecule has 1 unspecified atom stereocenters. The van der Waals surface area contributed by atoms with Crippen molar-refractivity contribution in [2.75, 3.05) is 13.1 Å². The smallest absolute Gasteiger partial charge is 0.224 e. The Bertz CT molecular complexity index is 247. The molecule has 1 aliphatic rings. The van der Waals surface area contributed by atoms with E-state index in [2.05, 4.69) is 45.3 Å².